The highest BCUT2D eigenvalue weighted by Gasteiger charge is 2.39. The lowest BCUT2D eigenvalue weighted by molar-refractivity contribution is -0.136. The number of imide groups is 1. The van der Waals surface area contributed by atoms with Crippen LogP contribution in [0.5, 0.6) is 0 Å². The molecule has 3 aliphatic rings. The van der Waals surface area contributed by atoms with E-state index in [1.165, 1.54) is 0 Å². The van der Waals surface area contributed by atoms with Crippen molar-refractivity contribution >= 4 is 17.7 Å². The van der Waals surface area contributed by atoms with Crippen LogP contribution in [0.2, 0.25) is 0 Å². The fraction of sp³-hybridized carbons (Fsp3) is 0.550. The van der Waals surface area contributed by atoms with Gasteiger partial charge < -0.3 is 19.9 Å². The van der Waals surface area contributed by atoms with Crippen molar-refractivity contribution in [1.29, 1.82) is 0 Å². The van der Waals surface area contributed by atoms with Gasteiger partial charge in [0, 0.05) is 44.2 Å². The number of hydrogen-bond donors (Lipinski definition) is 2. The lowest BCUT2D eigenvalue weighted by atomic mass is 10.0. The molecule has 0 bridgehead atoms. The molecule has 4 rings (SSSR count). The van der Waals surface area contributed by atoms with Gasteiger partial charge in [0.2, 0.25) is 11.8 Å². The number of carbonyl (C=O) groups is 3. The van der Waals surface area contributed by atoms with E-state index < -0.39 is 6.04 Å². The Labute approximate surface area is 164 Å². The summed E-state index contributed by atoms with van der Waals surface area (Å²) < 4.78 is 5.50. The van der Waals surface area contributed by atoms with E-state index in [0.29, 0.717) is 24.6 Å². The standard InChI is InChI=1S/C20H26N4O4/c1-23(11-15-12-28-7-6-21-15)9-13-2-3-16-14(8-13)10-24(20(16)27)17-4-5-18(25)22-19(17)26/h2-3,8,15,17,21H,4-7,9-12H2,1H3,(H,22,25,26). The highest BCUT2D eigenvalue weighted by molar-refractivity contribution is 6.05. The first kappa shape index (κ1) is 19.0. The van der Waals surface area contributed by atoms with Crippen LogP contribution >= 0.6 is 0 Å². The lowest BCUT2D eigenvalue weighted by Gasteiger charge is -2.29. The molecule has 2 fully saturated rings. The van der Waals surface area contributed by atoms with Crippen LogP contribution in [0.25, 0.3) is 0 Å². The summed E-state index contributed by atoms with van der Waals surface area (Å²) in [6.07, 6.45) is 0.655. The van der Waals surface area contributed by atoms with Gasteiger partial charge >= 0.3 is 0 Å². The minimum atomic E-state index is -0.568. The minimum Gasteiger partial charge on any atom is -0.378 e. The topological polar surface area (TPSA) is 91.0 Å². The molecule has 2 unspecified atom stereocenters. The number of nitrogens with zero attached hydrogens (tertiary/aromatic N) is 2. The third kappa shape index (κ3) is 3.94. The van der Waals surface area contributed by atoms with Crippen LogP contribution in [0.4, 0.5) is 0 Å². The first-order valence-corrected chi connectivity index (χ1v) is 9.77. The number of morpholine rings is 1. The van der Waals surface area contributed by atoms with Crippen LogP contribution in [0.15, 0.2) is 18.2 Å². The molecule has 0 saturated carbocycles. The Morgan fingerprint density at radius 2 is 2.14 bits per heavy atom. The van der Waals surface area contributed by atoms with Crippen molar-refractivity contribution in [2.45, 2.75) is 38.0 Å². The molecule has 2 N–H and O–H groups in total. The van der Waals surface area contributed by atoms with Gasteiger partial charge in [-0.3, -0.25) is 19.7 Å². The molecule has 0 radical (unpaired) electrons. The van der Waals surface area contributed by atoms with E-state index in [1.54, 1.807) is 4.90 Å². The Bertz CT molecular complexity index is 790. The third-order valence-corrected chi connectivity index (χ3v) is 5.57. The van der Waals surface area contributed by atoms with Crippen molar-refractivity contribution in [1.82, 2.24) is 20.4 Å². The maximum absolute atomic E-state index is 12.7. The Balaban J connectivity index is 1.40. The smallest absolute Gasteiger partial charge is 0.255 e. The fourth-order valence-electron chi connectivity index (χ4n) is 4.22. The number of piperidine rings is 1. The molecule has 150 valence electrons. The van der Waals surface area contributed by atoms with Gasteiger partial charge in [-0.2, -0.15) is 0 Å². The van der Waals surface area contributed by atoms with Crippen molar-refractivity contribution < 1.29 is 19.1 Å². The number of hydrogen-bond acceptors (Lipinski definition) is 6. The summed E-state index contributed by atoms with van der Waals surface area (Å²) in [5.74, 6) is -0.777. The van der Waals surface area contributed by atoms with E-state index in [0.717, 1.165) is 44.0 Å². The molecule has 3 amide bonds. The second-order valence-electron chi connectivity index (χ2n) is 7.81. The van der Waals surface area contributed by atoms with Crippen molar-refractivity contribution in [3.63, 3.8) is 0 Å². The van der Waals surface area contributed by atoms with Gasteiger partial charge in [-0.1, -0.05) is 12.1 Å². The lowest BCUT2D eigenvalue weighted by Crippen LogP contribution is -2.52. The highest BCUT2D eigenvalue weighted by Crippen LogP contribution is 2.28. The van der Waals surface area contributed by atoms with Crippen LogP contribution in [0.3, 0.4) is 0 Å². The van der Waals surface area contributed by atoms with Crippen LogP contribution in [-0.4, -0.2) is 73.0 Å². The number of likely N-dealkylation sites (N-methyl/N-ethyl adjacent to an activating group) is 1. The molecule has 0 spiro atoms. The van der Waals surface area contributed by atoms with Crippen LogP contribution in [-0.2, 0) is 27.4 Å². The van der Waals surface area contributed by atoms with Gasteiger partial charge in [-0.25, -0.2) is 0 Å². The molecule has 1 aromatic rings. The van der Waals surface area contributed by atoms with Crippen LogP contribution < -0.4 is 10.6 Å². The van der Waals surface area contributed by atoms with E-state index in [1.807, 2.05) is 12.1 Å². The highest BCUT2D eigenvalue weighted by atomic mass is 16.5. The second-order valence-corrected chi connectivity index (χ2v) is 7.81. The average molecular weight is 386 g/mol. The quantitative estimate of drug-likeness (QED) is 0.685. The first-order valence-electron chi connectivity index (χ1n) is 9.77. The van der Waals surface area contributed by atoms with E-state index in [2.05, 4.69) is 28.6 Å². The summed E-state index contributed by atoms with van der Waals surface area (Å²) >= 11 is 0. The molecule has 0 aromatic heterocycles. The zero-order valence-corrected chi connectivity index (χ0v) is 16.1. The minimum absolute atomic E-state index is 0.132. The first-order chi connectivity index (χ1) is 13.5. The summed E-state index contributed by atoms with van der Waals surface area (Å²) in [7, 11) is 2.07. The molecule has 8 nitrogen and oxygen atoms in total. The molecule has 3 aliphatic heterocycles. The number of nitrogens with one attached hydrogen (secondary N) is 2. The average Bonchev–Trinajstić information content (AvgIpc) is 2.98. The van der Waals surface area contributed by atoms with Gasteiger partial charge in [0.25, 0.3) is 5.91 Å². The molecule has 8 heteroatoms. The van der Waals surface area contributed by atoms with Gasteiger partial charge in [-0.15, -0.1) is 0 Å². The van der Waals surface area contributed by atoms with Crippen LogP contribution in [0, 0.1) is 0 Å². The van der Waals surface area contributed by atoms with Gasteiger partial charge in [0.1, 0.15) is 6.04 Å². The van der Waals surface area contributed by atoms with Gasteiger partial charge in [-0.05, 0) is 30.7 Å². The number of amides is 3. The Hall–Kier alpha value is -2.29. The second kappa shape index (κ2) is 7.98. The number of ether oxygens (including phenoxy) is 1. The fourth-order valence-corrected chi connectivity index (χ4v) is 4.22. The predicted molar refractivity (Wildman–Crippen MR) is 101 cm³/mol. The number of fused-ring (bicyclic) bond motifs is 1. The largest absolute Gasteiger partial charge is 0.378 e. The monoisotopic (exact) mass is 386 g/mol. The predicted octanol–water partition coefficient (Wildman–Crippen LogP) is -0.132. The van der Waals surface area contributed by atoms with Crippen molar-refractivity contribution in [3.8, 4) is 0 Å². The molecule has 1 aromatic carbocycles. The van der Waals surface area contributed by atoms with Crippen molar-refractivity contribution in [2.75, 3.05) is 33.4 Å². The van der Waals surface area contributed by atoms with E-state index in [-0.39, 0.29) is 24.1 Å². The van der Waals surface area contributed by atoms with Gasteiger partial charge in [0.05, 0.1) is 13.2 Å². The molecular formula is C20H26N4O4. The Morgan fingerprint density at radius 3 is 2.89 bits per heavy atom. The maximum Gasteiger partial charge on any atom is 0.255 e. The van der Waals surface area contributed by atoms with Crippen LogP contribution in [0.1, 0.15) is 34.3 Å². The zero-order chi connectivity index (χ0) is 19.7. The number of rotatable bonds is 5. The Morgan fingerprint density at radius 1 is 1.29 bits per heavy atom. The maximum atomic E-state index is 12.7. The Kier molecular flexibility index (Phi) is 5.43. The molecule has 3 heterocycles. The zero-order valence-electron chi connectivity index (χ0n) is 16.1. The summed E-state index contributed by atoms with van der Waals surface area (Å²) in [4.78, 5) is 40.1. The normalized spacial score (nSPS) is 25.2. The third-order valence-electron chi connectivity index (χ3n) is 5.57. The summed E-state index contributed by atoms with van der Waals surface area (Å²) in [5, 5.41) is 5.79. The van der Waals surface area contributed by atoms with E-state index in [9.17, 15) is 14.4 Å². The van der Waals surface area contributed by atoms with Crippen molar-refractivity contribution in [2.24, 2.45) is 0 Å². The number of carbonyl (C=O) groups excluding carboxylic acids is 3. The summed E-state index contributed by atoms with van der Waals surface area (Å²) in [6.45, 7) is 4.45. The van der Waals surface area contributed by atoms with Crippen molar-refractivity contribution in [3.05, 3.63) is 34.9 Å². The summed E-state index contributed by atoms with van der Waals surface area (Å²) in [5.41, 5.74) is 2.73. The van der Waals surface area contributed by atoms with E-state index in [4.69, 9.17) is 4.74 Å². The summed E-state index contributed by atoms with van der Waals surface area (Å²) in [6, 6.07) is 5.65. The number of benzene rings is 1. The molecule has 2 atom stereocenters. The molecule has 0 aliphatic carbocycles. The molecule has 28 heavy (non-hydrogen) atoms. The SMILES string of the molecule is CN(Cc1ccc2c(c1)CN(C1CCC(=O)NC1=O)C2=O)CC1COCCN1. The van der Waals surface area contributed by atoms with E-state index >= 15 is 0 Å². The van der Waals surface area contributed by atoms with Gasteiger partial charge in [0.15, 0.2) is 0 Å². The molecular weight excluding hydrogens is 360 g/mol. The molecule has 2 saturated heterocycles.